The summed E-state index contributed by atoms with van der Waals surface area (Å²) in [6.07, 6.45) is 3.36. The van der Waals surface area contributed by atoms with Gasteiger partial charge in [-0.2, -0.15) is 0 Å². The molecular formula is C21H16F2N4. The van der Waals surface area contributed by atoms with Gasteiger partial charge in [0.05, 0.1) is 5.52 Å². The number of hydrogen-bond acceptors (Lipinski definition) is 4. The number of halogens is 2. The Morgan fingerprint density at radius 1 is 0.963 bits per heavy atom. The number of aryl methyl sites for hydroxylation is 1. The van der Waals surface area contributed by atoms with Crippen LogP contribution in [0, 0.1) is 18.6 Å². The number of hydrogen-bond donors (Lipinski definition) is 1. The number of pyridine rings is 1. The third kappa shape index (κ3) is 2.99. The van der Waals surface area contributed by atoms with Gasteiger partial charge in [0.2, 0.25) is 0 Å². The third-order valence-electron chi connectivity index (χ3n) is 4.44. The molecule has 134 valence electrons. The molecule has 2 aromatic carbocycles. The molecule has 4 rings (SSSR count). The van der Waals surface area contributed by atoms with Crippen molar-refractivity contribution in [2.24, 2.45) is 0 Å². The fourth-order valence-electron chi connectivity index (χ4n) is 3.10. The van der Waals surface area contributed by atoms with Crippen LogP contribution in [-0.4, -0.2) is 22.0 Å². The SMILES string of the molecule is CNc1nc(-c2cccnc2)nc2cc(-c3cccc(F)c3F)c(C)cc12. The van der Waals surface area contributed by atoms with Crippen LogP contribution in [0.5, 0.6) is 0 Å². The van der Waals surface area contributed by atoms with E-state index >= 15 is 0 Å². The summed E-state index contributed by atoms with van der Waals surface area (Å²) < 4.78 is 28.0. The highest BCUT2D eigenvalue weighted by molar-refractivity contribution is 5.94. The van der Waals surface area contributed by atoms with Crippen molar-refractivity contribution < 1.29 is 8.78 Å². The number of anilines is 1. The van der Waals surface area contributed by atoms with Crippen molar-refractivity contribution in [3.05, 3.63) is 72.1 Å². The molecule has 0 aliphatic rings. The minimum atomic E-state index is -0.873. The summed E-state index contributed by atoms with van der Waals surface area (Å²) >= 11 is 0. The number of nitrogens with one attached hydrogen (secondary N) is 1. The van der Waals surface area contributed by atoms with Crippen molar-refractivity contribution >= 4 is 16.7 Å². The second kappa shape index (κ2) is 6.72. The van der Waals surface area contributed by atoms with Crippen LogP contribution in [0.1, 0.15) is 5.56 Å². The molecule has 0 saturated heterocycles. The Hall–Kier alpha value is -3.41. The predicted molar refractivity (Wildman–Crippen MR) is 102 cm³/mol. The molecule has 1 N–H and O–H groups in total. The molecule has 0 atom stereocenters. The molecule has 6 heteroatoms. The molecule has 0 spiro atoms. The molecule has 2 heterocycles. The smallest absolute Gasteiger partial charge is 0.166 e. The van der Waals surface area contributed by atoms with Gasteiger partial charge >= 0.3 is 0 Å². The maximum absolute atomic E-state index is 14.3. The van der Waals surface area contributed by atoms with Crippen LogP contribution in [-0.2, 0) is 0 Å². The molecule has 0 bridgehead atoms. The Morgan fingerprint density at radius 2 is 1.81 bits per heavy atom. The Kier molecular flexibility index (Phi) is 4.24. The Morgan fingerprint density at radius 3 is 2.56 bits per heavy atom. The lowest BCUT2D eigenvalue weighted by Crippen LogP contribution is -2.00. The van der Waals surface area contributed by atoms with Crippen LogP contribution < -0.4 is 5.32 Å². The van der Waals surface area contributed by atoms with Gasteiger partial charge in [0.1, 0.15) is 5.82 Å². The van der Waals surface area contributed by atoms with E-state index in [1.54, 1.807) is 31.6 Å². The van der Waals surface area contributed by atoms with Gasteiger partial charge in [-0.1, -0.05) is 12.1 Å². The topological polar surface area (TPSA) is 50.7 Å². The first kappa shape index (κ1) is 17.0. The van der Waals surface area contributed by atoms with Gasteiger partial charge in [-0.15, -0.1) is 0 Å². The highest BCUT2D eigenvalue weighted by Crippen LogP contribution is 2.33. The van der Waals surface area contributed by atoms with Crippen molar-refractivity contribution in [3.8, 4) is 22.5 Å². The van der Waals surface area contributed by atoms with Crippen molar-refractivity contribution in [1.82, 2.24) is 15.0 Å². The quantitative estimate of drug-likeness (QED) is 0.558. The van der Waals surface area contributed by atoms with Crippen molar-refractivity contribution in [3.63, 3.8) is 0 Å². The number of rotatable bonds is 3. The summed E-state index contributed by atoms with van der Waals surface area (Å²) in [6.45, 7) is 1.85. The lowest BCUT2D eigenvalue weighted by Gasteiger charge is -2.13. The molecule has 0 fully saturated rings. The Bertz CT molecular complexity index is 1140. The molecule has 0 amide bonds. The second-order valence-electron chi connectivity index (χ2n) is 6.17. The van der Waals surface area contributed by atoms with Gasteiger partial charge in [-0.05, 0) is 48.4 Å². The van der Waals surface area contributed by atoms with E-state index in [-0.39, 0.29) is 5.56 Å². The van der Waals surface area contributed by atoms with Crippen molar-refractivity contribution in [2.45, 2.75) is 6.92 Å². The van der Waals surface area contributed by atoms with E-state index in [2.05, 4.69) is 20.3 Å². The molecule has 0 unspecified atom stereocenters. The van der Waals surface area contributed by atoms with Crippen LogP contribution in [0.25, 0.3) is 33.4 Å². The van der Waals surface area contributed by atoms with Crippen molar-refractivity contribution in [1.29, 1.82) is 0 Å². The number of nitrogens with zero attached hydrogens (tertiary/aromatic N) is 3. The van der Waals surface area contributed by atoms with Crippen LogP contribution in [0.2, 0.25) is 0 Å². The summed E-state index contributed by atoms with van der Waals surface area (Å²) in [6, 6.07) is 11.5. The molecule has 4 nitrogen and oxygen atoms in total. The van der Waals surface area contributed by atoms with Crippen LogP contribution >= 0.6 is 0 Å². The van der Waals surface area contributed by atoms with Gasteiger partial charge < -0.3 is 5.32 Å². The van der Waals surface area contributed by atoms with Gasteiger partial charge in [-0.25, -0.2) is 18.7 Å². The number of aromatic nitrogens is 3. The van der Waals surface area contributed by atoms with E-state index in [0.29, 0.717) is 22.7 Å². The van der Waals surface area contributed by atoms with Crippen LogP contribution in [0.4, 0.5) is 14.6 Å². The molecule has 4 aromatic rings. The highest BCUT2D eigenvalue weighted by atomic mass is 19.2. The first-order valence-corrected chi connectivity index (χ1v) is 8.43. The lowest BCUT2D eigenvalue weighted by molar-refractivity contribution is 0.511. The fourth-order valence-corrected chi connectivity index (χ4v) is 3.10. The second-order valence-corrected chi connectivity index (χ2v) is 6.17. The maximum Gasteiger partial charge on any atom is 0.166 e. The number of benzene rings is 2. The molecular weight excluding hydrogens is 346 g/mol. The summed E-state index contributed by atoms with van der Waals surface area (Å²) in [5.41, 5.74) is 3.02. The summed E-state index contributed by atoms with van der Waals surface area (Å²) in [5.74, 6) is -0.570. The monoisotopic (exact) mass is 362 g/mol. The largest absolute Gasteiger partial charge is 0.373 e. The van der Waals surface area contributed by atoms with Gasteiger partial charge in [0, 0.05) is 36.0 Å². The van der Waals surface area contributed by atoms with E-state index < -0.39 is 11.6 Å². The van der Waals surface area contributed by atoms with E-state index in [1.807, 2.05) is 25.1 Å². The van der Waals surface area contributed by atoms with Crippen molar-refractivity contribution in [2.75, 3.05) is 12.4 Å². The van der Waals surface area contributed by atoms with E-state index in [4.69, 9.17) is 0 Å². The highest BCUT2D eigenvalue weighted by Gasteiger charge is 2.15. The third-order valence-corrected chi connectivity index (χ3v) is 4.44. The molecule has 0 saturated carbocycles. The maximum atomic E-state index is 14.3. The van der Waals surface area contributed by atoms with E-state index in [9.17, 15) is 8.78 Å². The Labute approximate surface area is 154 Å². The number of fused-ring (bicyclic) bond motifs is 1. The normalized spacial score (nSPS) is 11.0. The standard InChI is InChI=1S/C21H16F2N4/c1-12-9-16-18(10-15(12)14-6-3-7-17(22)19(14)23)26-20(27-21(16)24-2)13-5-4-8-25-11-13/h3-11H,1-2H3,(H,24,26,27). The lowest BCUT2D eigenvalue weighted by atomic mass is 9.97. The minimum absolute atomic E-state index is 0.210. The Balaban J connectivity index is 1.98. The zero-order valence-corrected chi connectivity index (χ0v) is 14.8. The zero-order valence-electron chi connectivity index (χ0n) is 14.8. The van der Waals surface area contributed by atoms with Gasteiger partial charge in [0.15, 0.2) is 17.5 Å². The zero-order chi connectivity index (χ0) is 19.0. The van der Waals surface area contributed by atoms with E-state index in [1.165, 1.54) is 6.07 Å². The molecule has 27 heavy (non-hydrogen) atoms. The minimum Gasteiger partial charge on any atom is -0.373 e. The van der Waals surface area contributed by atoms with Gasteiger partial charge in [-0.3, -0.25) is 4.98 Å². The van der Waals surface area contributed by atoms with E-state index in [0.717, 1.165) is 22.6 Å². The molecule has 0 radical (unpaired) electrons. The summed E-state index contributed by atoms with van der Waals surface area (Å²) in [4.78, 5) is 13.3. The van der Waals surface area contributed by atoms with Gasteiger partial charge in [0.25, 0.3) is 0 Å². The molecule has 0 aliphatic carbocycles. The average Bonchev–Trinajstić information content (AvgIpc) is 2.70. The molecule has 0 aliphatic heterocycles. The average molecular weight is 362 g/mol. The first-order chi connectivity index (χ1) is 13.1. The predicted octanol–water partition coefficient (Wildman–Crippen LogP) is 4.99. The first-order valence-electron chi connectivity index (χ1n) is 8.43. The fraction of sp³-hybridized carbons (Fsp3) is 0.0952. The summed E-state index contributed by atoms with van der Waals surface area (Å²) in [7, 11) is 1.78. The molecule has 2 aromatic heterocycles. The van der Waals surface area contributed by atoms with Crippen LogP contribution in [0.15, 0.2) is 54.9 Å². The van der Waals surface area contributed by atoms with Crippen LogP contribution in [0.3, 0.4) is 0 Å². The summed E-state index contributed by atoms with van der Waals surface area (Å²) in [5, 5.41) is 3.89.